The Labute approximate surface area is 158 Å². The van der Waals surface area contributed by atoms with Gasteiger partial charge in [-0.1, -0.05) is 82.0 Å². The highest BCUT2D eigenvalue weighted by atomic mass is 16.5. The van der Waals surface area contributed by atoms with Crippen molar-refractivity contribution in [2.45, 2.75) is 40.2 Å². The van der Waals surface area contributed by atoms with Gasteiger partial charge >= 0.3 is 0 Å². The molecule has 0 aromatic heterocycles. The zero-order valence-electron chi connectivity index (χ0n) is 16.7. The lowest BCUT2D eigenvalue weighted by molar-refractivity contribution is -0.126. The third-order valence-electron chi connectivity index (χ3n) is 3.31. The summed E-state index contributed by atoms with van der Waals surface area (Å²) < 4.78 is 10.6. The van der Waals surface area contributed by atoms with Crippen molar-refractivity contribution in [3.05, 3.63) is 72.3 Å². The van der Waals surface area contributed by atoms with Crippen molar-refractivity contribution >= 4 is 11.9 Å². The van der Waals surface area contributed by atoms with E-state index in [1.54, 1.807) is 7.11 Å². The standard InChI is InChI=1S/C11H14O.C10H12O2.C2H6/c1-3-9-12-11-8-6-5-7-10(11)4-2;1-8(11)10(12-2)9-6-4-3-5-7-9;1-2/h4-8H,2-3,9H2,1H3;3-7,10H,1-2H3;1-2H3. The summed E-state index contributed by atoms with van der Waals surface area (Å²) >= 11 is 0. The summed E-state index contributed by atoms with van der Waals surface area (Å²) in [4.78, 5) is 11.1. The molecular formula is C23H32O3. The Hall–Kier alpha value is -2.39. The molecule has 0 aliphatic carbocycles. The molecule has 142 valence electrons. The molecule has 1 atom stereocenters. The fraction of sp³-hybridized carbons (Fsp3) is 0.348. The molecule has 0 fully saturated rings. The van der Waals surface area contributed by atoms with Crippen molar-refractivity contribution < 1.29 is 14.3 Å². The topological polar surface area (TPSA) is 35.5 Å². The van der Waals surface area contributed by atoms with Gasteiger partial charge in [0.05, 0.1) is 6.61 Å². The van der Waals surface area contributed by atoms with Crippen LogP contribution < -0.4 is 4.74 Å². The molecule has 2 aromatic rings. The van der Waals surface area contributed by atoms with Crippen molar-refractivity contribution in [3.8, 4) is 5.75 Å². The van der Waals surface area contributed by atoms with Crippen LogP contribution in [0.2, 0.25) is 0 Å². The average Bonchev–Trinajstić information content (AvgIpc) is 2.69. The number of carbonyl (C=O) groups excluding carboxylic acids is 1. The van der Waals surface area contributed by atoms with Gasteiger partial charge in [-0.2, -0.15) is 0 Å². The number of hydrogen-bond donors (Lipinski definition) is 0. The lowest BCUT2D eigenvalue weighted by Gasteiger charge is -2.11. The second-order valence-electron chi connectivity index (χ2n) is 5.23. The monoisotopic (exact) mass is 356 g/mol. The van der Waals surface area contributed by atoms with Crippen LogP contribution >= 0.6 is 0 Å². The van der Waals surface area contributed by atoms with Gasteiger partial charge < -0.3 is 9.47 Å². The third kappa shape index (κ3) is 8.63. The lowest BCUT2D eigenvalue weighted by Crippen LogP contribution is -2.10. The van der Waals surface area contributed by atoms with Crippen LogP contribution in [0.4, 0.5) is 0 Å². The fourth-order valence-electron chi connectivity index (χ4n) is 2.16. The summed E-state index contributed by atoms with van der Waals surface area (Å²) in [5.41, 5.74) is 1.97. The second-order valence-corrected chi connectivity index (χ2v) is 5.23. The van der Waals surface area contributed by atoms with Crippen LogP contribution in [0.15, 0.2) is 61.2 Å². The number of Topliss-reactive ketones (excluding diaryl/α,β-unsaturated/α-hetero) is 1. The summed E-state index contributed by atoms with van der Waals surface area (Å²) in [5, 5.41) is 0. The molecule has 2 aromatic carbocycles. The highest BCUT2D eigenvalue weighted by molar-refractivity contribution is 5.81. The SMILES string of the molecule is C=Cc1ccccc1OCCC.CC.COC(C(C)=O)c1ccccc1. The van der Waals surface area contributed by atoms with Crippen LogP contribution in [0.5, 0.6) is 5.75 Å². The Bertz CT molecular complexity index is 620. The van der Waals surface area contributed by atoms with E-state index in [9.17, 15) is 4.79 Å². The second kappa shape index (κ2) is 14.9. The number of hydrogen-bond acceptors (Lipinski definition) is 3. The number of ether oxygens (including phenoxy) is 2. The summed E-state index contributed by atoms with van der Waals surface area (Å²) in [6.07, 6.45) is 2.43. The molecule has 3 heteroatoms. The first-order chi connectivity index (χ1) is 12.6. The van der Waals surface area contributed by atoms with E-state index in [0.717, 1.165) is 29.9 Å². The van der Waals surface area contributed by atoms with Gasteiger partial charge in [0.15, 0.2) is 5.78 Å². The summed E-state index contributed by atoms with van der Waals surface area (Å²) in [7, 11) is 1.54. The predicted molar refractivity (Wildman–Crippen MR) is 111 cm³/mol. The Kier molecular flexibility index (Phi) is 13.5. The van der Waals surface area contributed by atoms with Gasteiger partial charge in [-0.3, -0.25) is 4.79 Å². The van der Waals surface area contributed by atoms with Gasteiger partial charge in [-0.15, -0.1) is 0 Å². The third-order valence-corrected chi connectivity index (χ3v) is 3.31. The smallest absolute Gasteiger partial charge is 0.163 e. The first-order valence-electron chi connectivity index (χ1n) is 9.06. The van der Waals surface area contributed by atoms with Gasteiger partial charge in [0.25, 0.3) is 0 Å². The zero-order chi connectivity index (χ0) is 19.8. The van der Waals surface area contributed by atoms with Crippen LogP contribution in [-0.4, -0.2) is 19.5 Å². The van der Waals surface area contributed by atoms with Crippen LogP contribution in [-0.2, 0) is 9.53 Å². The van der Waals surface area contributed by atoms with E-state index in [0.29, 0.717) is 0 Å². The molecule has 0 aliphatic heterocycles. The van der Waals surface area contributed by atoms with Crippen LogP contribution in [0.1, 0.15) is 51.3 Å². The molecule has 0 radical (unpaired) electrons. The number of ketones is 1. The highest BCUT2D eigenvalue weighted by Gasteiger charge is 2.14. The van der Waals surface area contributed by atoms with Gasteiger partial charge in [0.2, 0.25) is 0 Å². The number of benzene rings is 2. The molecule has 0 amide bonds. The molecule has 0 N–H and O–H groups in total. The Morgan fingerprint density at radius 1 is 1.08 bits per heavy atom. The molecule has 0 bridgehead atoms. The Morgan fingerprint density at radius 2 is 1.65 bits per heavy atom. The molecule has 0 spiro atoms. The van der Waals surface area contributed by atoms with Crippen LogP contribution in [0.25, 0.3) is 6.08 Å². The van der Waals surface area contributed by atoms with E-state index in [4.69, 9.17) is 9.47 Å². The maximum Gasteiger partial charge on any atom is 0.163 e. The minimum Gasteiger partial charge on any atom is -0.493 e. The Balaban J connectivity index is 0.000000439. The fourth-order valence-corrected chi connectivity index (χ4v) is 2.16. The van der Waals surface area contributed by atoms with E-state index in [1.807, 2.05) is 74.5 Å². The van der Waals surface area contributed by atoms with Crippen molar-refractivity contribution in [1.82, 2.24) is 0 Å². The first-order valence-corrected chi connectivity index (χ1v) is 9.06. The first kappa shape index (κ1) is 23.6. The number of methoxy groups -OCH3 is 1. The number of carbonyl (C=O) groups is 1. The zero-order valence-corrected chi connectivity index (χ0v) is 16.7. The molecule has 26 heavy (non-hydrogen) atoms. The van der Waals surface area contributed by atoms with E-state index in [2.05, 4.69) is 13.5 Å². The van der Waals surface area contributed by atoms with E-state index < -0.39 is 6.10 Å². The molecule has 0 aliphatic rings. The highest BCUT2D eigenvalue weighted by Crippen LogP contribution is 2.18. The van der Waals surface area contributed by atoms with Gasteiger partial charge in [0.1, 0.15) is 11.9 Å². The molecule has 1 unspecified atom stereocenters. The van der Waals surface area contributed by atoms with Crippen molar-refractivity contribution in [2.24, 2.45) is 0 Å². The van der Waals surface area contributed by atoms with Crippen molar-refractivity contribution in [3.63, 3.8) is 0 Å². The van der Waals surface area contributed by atoms with Gasteiger partial charge in [-0.05, 0) is 25.0 Å². The van der Waals surface area contributed by atoms with Crippen molar-refractivity contribution in [2.75, 3.05) is 13.7 Å². The number of rotatable bonds is 7. The molecule has 0 saturated carbocycles. The normalized spacial score (nSPS) is 10.3. The maximum atomic E-state index is 11.1. The van der Waals surface area contributed by atoms with E-state index >= 15 is 0 Å². The average molecular weight is 357 g/mol. The minimum absolute atomic E-state index is 0.0312. The van der Waals surface area contributed by atoms with Gasteiger partial charge in [-0.25, -0.2) is 0 Å². The molecule has 3 nitrogen and oxygen atoms in total. The van der Waals surface area contributed by atoms with Gasteiger partial charge in [0, 0.05) is 12.7 Å². The van der Waals surface area contributed by atoms with Crippen molar-refractivity contribution in [1.29, 1.82) is 0 Å². The molecule has 2 rings (SSSR count). The lowest BCUT2D eigenvalue weighted by atomic mass is 10.1. The Morgan fingerprint density at radius 3 is 2.15 bits per heavy atom. The van der Waals surface area contributed by atoms with Crippen LogP contribution in [0, 0.1) is 0 Å². The quantitative estimate of drug-likeness (QED) is 0.600. The molecule has 0 saturated heterocycles. The number of para-hydroxylation sites is 1. The predicted octanol–water partition coefficient (Wildman–Crippen LogP) is 6.11. The largest absolute Gasteiger partial charge is 0.493 e. The molecule has 0 heterocycles. The summed E-state index contributed by atoms with van der Waals surface area (Å²) in [5.74, 6) is 0.957. The molecular weight excluding hydrogens is 324 g/mol. The summed E-state index contributed by atoms with van der Waals surface area (Å²) in [6.45, 7) is 12.1. The van der Waals surface area contributed by atoms with E-state index in [-0.39, 0.29) is 5.78 Å². The van der Waals surface area contributed by atoms with Crippen LogP contribution in [0.3, 0.4) is 0 Å². The maximum absolute atomic E-state index is 11.1. The van der Waals surface area contributed by atoms with E-state index in [1.165, 1.54) is 6.92 Å². The summed E-state index contributed by atoms with van der Waals surface area (Å²) in [6, 6.07) is 17.4. The minimum atomic E-state index is -0.411.